The number of benzene rings is 4. The average molecular weight is 568 g/mol. The van der Waals surface area contributed by atoms with Crippen LogP contribution in [0, 0.1) is 0 Å². The Morgan fingerprint density at radius 2 is 1.24 bits per heavy atom. The average Bonchev–Trinajstić information content (AvgIpc) is 3.54. The zero-order valence-electron chi connectivity index (χ0n) is 21.5. The third-order valence-electron chi connectivity index (χ3n) is 8.08. The summed E-state index contributed by atoms with van der Waals surface area (Å²) in [6, 6.07) is 38.3. The number of nitrogens with zero attached hydrogens (tertiary/aromatic N) is 1. The number of amides is 2. The normalized spacial score (nSPS) is 16.0. The second-order valence-corrected chi connectivity index (χ2v) is 11.7. The molecule has 2 amide bonds. The highest BCUT2D eigenvalue weighted by Gasteiger charge is 2.52. The summed E-state index contributed by atoms with van der Waals surface area (Å²) in [7, 11) is 0. The summed E-state index contributed by atoms with van der Waals surface area (Å²) in [5.74, 6) is -1.00. The van der Waals surface area contributed by atoms with Gasteiger partial charge in [-0.2, -0.15) is 0 Å². The lowest BCUT2D eigenvalue weighted by molar-refractivity contribution is -0.123. The predicted octanol–water partition coefficient (Wildman–Crippen LogP) is 6.81. The van der Waals surface area contributed by atoms with Crippen LogP contribution in [0.4, 0.5) is 16.4 Å². The molecule has 0 unspecified atom stereocenters. The van der Waals surface area contributed by atoms with Gasteiger partial charge in [-0.1, -0.05) is 84.9 Å². The van der Waals surface area contributed by atoms with Crippen molar-refractivity contribution in [2.75, 3.05) is 4.90 Å². The molecule has 2 N–H and O–H groups in total. The highest BCUT2D eigenvalue weighted by atomic mass is 32.1. The molecule has 0 atom stereocenters. The number of nitrogens with one attached hydrogen (secondary N) is 2. The van der Waals surface area contributed by atoms with Crippen molar-refractivity contribution in [3.63, 3.8) is 0 Å². The van der Waals surface area contributed by atoms with Crippen LogP contribution in [0.2, 0.25) is 0 Å². The van der Waals surface area contributed by atoms with Crippen LogP contribution in [0.15, 0.2) is 115 Å². The molecule has 2 aliphatic heterocycles. The molecule has 1 aromatic heterocycles. The first kappa shape index (κ1) is 24.0. The predicted molar refractivity (Wildman–Crippen MR) is 167 cm³/mol. The fourth-order valence-electron chi connectivity index (χ4n) is 6.54. The quantitative estimate of drug-likeness (QED) is 0.137. The van der Waals surface area contributed by atoms with Gasteiger partial charge in [-0.15, -0.1) is 11.3 Å². The third kappa shape index (κ3) is 3.30. The number of hydrogen-bond donors (Lipinski definition) is 2. The maximum absolute atomic E-state index is 12.8. The van der Waals surface area contributed by atoms with Crippen LogP contribution >= 0.6 is 23.6 Å². The van der Waals surface area contributed by atoms with Gasteiger partial charge in [0.2, 0.25) is 0 Å². The summed E-state index contributed by atoms with van der Waals surface area (Å²) >= 11 is 6.57. The van der Waals surface area contributed by atoms with Gasteiger partial charge in [-0.3, -0.25) is 20.2 Å². The van der Waals surface area contributed by atoms with Gasteiger partial charge < -0.3 is 4.90 Å². The summed E-state index contributed by atoms with van der Waals surface area (Å²) in [6.45, 7) is 0. The van der Waals surface area contributed by atoms with E-state index in [1.807, 2.05) is 18.2 Å². The Bertz CT molecular complexity index is 1910. The molecule has 41 heavy (non-hydrogen) atoms. The van der Waals surface area contributed by atoms with E-state index >= 15 is 0 Å². The smallest absolute Gasteiger partial charge is 0.263 e. The van der Waals surface area contributed by atoms with E-state index in [2.05, 4.69) is 107 Å². The topological polar surface area (TPSA) is 61.4 Å². The summed E-state index contributed by atoms with van der Waals surface area (Å²) in [6.07, 6.45) is 1.67. The molecule has 0 radical (unpaired) electrons. The summed E-state index contributed by atoms with van der Waals surface area (Å²) < 4.78 is 0. The maximum Gasteiger partial charge on any atom is 0.263 e. The van der Waals surface area contributed by atoms with Gasteiger partial charge in [0, 0.05) is 16.1 Å². The standard InChI is InChI=1S/C34H21N3O2S2/c38-30-24(31(39)36-33(40)35-30)18-21-19-28-32(41-21)37(20-10-2-1-3-11-20)29-17-9-8-16-27(29)34(28)25-14-6-4-12-22(25)23-13-5-7-15-26(23)34/h1-19H,(H2,35,36,38,39,40). The molecule has 5 nitrogen and oxygen atoms in total. The van der Waals surface area contributed by atoms with Crippen molar-refractivity contribution in [1.29, 1.82) is 0 Å². The lowest BCUT2D eigenvalue weighted by Gasteiger charge is -2.43. The molecule has 7 heteroatoms. The minimum absolute atomic E-state index is 0.0199. The molecule has 0 saturated carbocycles. The molecule has 1 spiro atoms. The largest absolute Gasteiger partial charge is 0.301 e. The van der Waals surface area contributed by atoms with Crippen molar-refractivity contribution >= 4 is 62.9 Å². The number of anilines is 3. The van der Waals surface area contributed by atoms with Crippen LogP contribution in [0.5, 0.6) is 0 Å². The lowest BCUT2D eigenvalue weighted by atomic mass is 9.66. The van der Waals surface area contributed by atoms with Gasteiger partial charge in [0.15, 0.2) is 5.11 Å². The first-order chi connectivity index (χ1) is 20.1. The number of fused-ring (bicyclic) bond motifs is 9. The Balaban J connectivity index is 1.47. The lowest BCUT2D eigenvalue weighted by Crippen LogP contribution is -2.51. The molecule has 4 aromatic carbocycles. The van der Waals surface area contributed by atoms with E-state index in [1.54, 1.807) is 17.4 Å². The number of rotatable bonds is 2. The zero-order valence-corrected chi connectivity index (χ0v) is 23.2. The SMILES string of the molecule is O=C1NC(=S)NC(=O)C1=Cc1cc2c(s1)N(c1ccccc1)c1ccccc1C21c2ccccc2-c2ccccc21. The fourth-order valence-corrected chi connectivity index (χ4v) is 7.92. The Morgan fingerprint density at radius 3 is 1.90 bits per heavy atom. The Morgan fingerprint density at radius 1 is 0.683 bits per heavy atom. The number of thiophene rings is 1. The molecule has 0 bridgehead atoms. The number of para-hydroxylation sites is 2. The molecule has 196 valence electrons. The zero-order chi connectivity index (χ0) is 27.7. The van der Waals surface area contributed by atoms with Crippen molar-refractivity contribution in [3.05, 3.63) is 142 Å². The van der Waals surface area contributed by atoms with Gasteiger partial charge in [0.1, 0.15) is 10.6 Å². The molecule has 5 aromatic rings. The molecule has 1 fully saturated rings. The number of carbonyl (C=O) groups is 2. The molecule has 1 saturated heterocycles. The Labute approximate surface area is 245 Å². The summed E-state index contributed by atoms with van der Waals surface area (Å²) in [5.41, 5.74) is 8.75. The van der Waals surface area contributed by atoms with Crippen LogP contribution in [0.25, 0.3) is 17.2 Å². The molecule has 3 heterocycles. The first-order valence-electron chi connectivity index (χ1n) is 13.2. The minimum Gasteiger partial charge on any atom is -0.301 e. The van der Waals surface area contributed by atoms with Crippen molar-refractivity contribution in [3.8, 4) is 11.1 Å². The molecule has 1 aliphatic carbocycles. The number of thiocarbonyl (C=S) groups is 1. The van der Waals surface area contributed by atoms with Crippen LogP contribution in [0.1, 0.15) is 27.1 Å². The summed E-state index contributed by atoms with van der Waals surface area (Å²) in [5, 5.41) is 6.17. The van der Waals surface area contributed by atoms with Gasteiger partial charge in [0.25, 0.3) is 11.8 Å². The molecular weight excluding hydrogens is 547 g/mol. The minimum atomic E-state index is -0.573. The Kier molecular flexibility index (Phi) is 5.16. The van der Waals surface area contributed by atoms with Crippen LogP contribution < -0.4 is 15.5 Å². The summed E-state index contributed by atoms with van der Waals surface area (Å²) in [4.78, 5) is 28.6. The van der Waals surface area contributed by atoms with Gasteiger partial charge in [-0.25, -0.2) is 0 Å². The Hall–Kier alpha value is -4.85. The van der Waals surface area contributed by atoms with Crippen molar-refractivity contribution in [2.45, 2.75) is 5.41 Å². The van der Waals surface area contributed by atoms with Crippen molar-refractivity contribution in [2.24, 2.45) is 0 Å². The van der Waals surface area contributed by atoms with Gasteiger partial charge in [0.05, 0.1) is 11.1 Å². The fraction of sp³-hybridized carbons (Fsp3) is 0.0294. The number of hydrogen-bond acceptors (Lipinski definition) is 5. The van der Waals surface area contributed by atoms with E-state index in [-0.39, 0.29) is 10.7 Å². The maximum atomic E-state index is 12.8. The van der Waals surface area contributed by atoms with E-state index in [9.17, 15) is 9.59 Å². The van der Waals surface area contributed by atoms with Crippen molar-refractivity contribution < 1.29 is 9.59 Å². The van der Waals surface area contributed by atoms with E-state index in [0.717, 1.165) is 26.8 Å². The second-order valence-electron chi connectivity index (χ2n) is 10.2. The highest BCUT2D eigenvalue weighted by molar-refractivity contribution is 7.80. The van der Waals surface area contributed by atoms with Gasteiger partial charge in [-0.05, 0) is 70.4 Å². The van der Waals surface area contributed by atoms with Crippen LogP contribution in [-0.2, 0) is 15.0 Å². The molecule has 3 aliphatic rings. The number of carbonyl (C=O) groups excluding carboxylic acids is 2. The van der Waals surface area contributed by atoms with E-state index in [4.69, 9.17) is 12.2 Å². The van der Waals surface area contributed by atoms with E-state index in [1.165, 1.54) is 27.8 Å². The van der Waals surface area contributed by atoms with E-state index in [0.29, 0.717) is 0 Å². The molecule has 8 rings (SSSR count). The highest BCUT2D eigenvalue weighted by Crippen LogP contribution is 2.64. The van der Waals surface area contributed by atoms with Gasteiger partial charge >= 0.3 is 0 Å². The van der Waals surface area contributed by atoms with Crippen LogP contribution in [0.3, 0.4) is 0 Å². The van der Waals surface area contributed by atoms with E-state index < -0.39 is 17.2 Å². The second kappa shape index (κ2) is 8.83. The van der Waals surface area contributed by atoms with Crippen LogP contribution in [-0.4, -0.2) is 16.9 Å². The molecular formula is C34H21N3O2S2. The first-order valence-corrected chi connectivity index (χ1v) is 14.5. The third-order valence-corrected chi connectivity index (χ3v) is 9.36. The van der Waals surface area contributed by atoms with Crippen molar-refractivity contribution in [1.82, 2.24) is 10.6 Å². The monoisotopic (exact) mass is 567 g/mol.